The van der Waals surface area contributed by atoms with Gasteiger partial charge in [-0.05, 0) is 19.2 Å². The lowest BCUT2D eigenvalue weighted by atomic mass is 10.1. The highest BCUT2D eigenvalue weighted by molar-refractivity contribution is 5.99. The van der Waals surface area contributed by atoms with Gasteiger partial charge < -0.3 is 10.6 Å². The Morgan fingerprint density at radius 2 is 2.00 bits per heavy atom. The summed E-state index contributed by atoms with van der Waals surface area (Å²) in [4.78, 5) is 22.4. The largest absolute Gasteiger partial charge is 0.351 e. The van der Waals surface area contributed by atoms with E-state index in [2.05, 4.69) is 15.7 Å². The minimum Gasteiger partial charge on any atom is -0.351 e. The van der Waals surface area contributed by atoms with Gasteiger partial charge in [-0.2, -0.15) is 5.10 Å². The van der Waals surface area contributed by atoms with Gasteiger partial charge in [0.15, 0.2) is 0 Å². The minimum absolute atomic E-state index is 0.000275. The van der Waals surface area contributed by atoms with Crippen LogP contribution in [0.5, 0.6) is 0 Å². The monoisotopic (exact) mass is 303 g/mol. The van der Waals surface area contributed by atoms with Crippen molar-refractivity contribution in [1.82, 2.24) is 20.4 Å². The van der Waals surface area contributed by atoms with E-state index in [1.807, 2.05) is 0 Å². The maximum absolute atomic E-state index is 12.2. The van der Waals surface area contributed by atoms with Crippen molar-refractivity contribution in [2.75, 3.05) is 20.1 Å². The number of carbonyl (C=O) groups is 1. The Morgan fingerprint density at radius 3 is 2.59 bits per heavy atom. The van der Waals surface area contributed by atoms with Crippen molar-refractivity contribution in [3.8, 4) is 11.3 Å². The standard InChI is InChI=1S/C14H17N5O3/c1-15-7-8-16-14(20)12-9-18(2)17-13(12)10-3-5-11(6-4-10)19(21)22/h3-6,9,15H,7-8H2,1-2H3,(H,16,20). The number of rotatable bonds is 6. The van der Waals surface area contributed by atoms with Crippen LogP contribution in [-0.4, -0.2) is 40.7 Å². The summed E-state index contributed by atoms with van der Waals surface area (Å²) in [5.74, 6) is -0.225. The van der Waals surface area contributed by atoms with E-state index in [0.29, 0.717) is 29.9 Å². The first kappa shape index (κ1) is 15.6. The normalized spacial score (nSPS) is 10.5. The molecule has 2 N–H and O–H groups in total. The molecule has 1 aromatic heterocycles. The molecule has 0 atom stereocenters. The lowest BCUT2D eigenvalue weighted by Gasteiger charge is -2.05. The van der Waals surface area contributed by atoms with Crippen molar-refractivity contribution in [3.63, 3.8) is 0 Å². The van der Waals surface area contributed by atoms with Gasteiger partial charge in [-0.15, -0.1) is 0 Å². The topological polar surface area (TPSA) is 102 Å². The number of hydrogen-bond acceptors (Lipinski definition) is 5. The predicted octanol–water partition coefficient (Wildman–Crippen LogP) is 0.944. The van der Waals surface area contributed by atoms with Crippen LogP contribution in [0.25, 0.3) is 11.3 Å². The molecule has 0 spiro atoms. The summed E-state index contributed by atoms with van der Waals surface area (Å²) in [7, 11) is 3.53. The van der Waals surface area contributed by atoms with E-state index in [0.717, 1.165) is 0 Å². The Hall–Kier alpha value is -2.74. The Balaban J connectivity index is 2.27. The number of nitrogens with zero attached hydrogens (tertiary/aromatic N) is 3. The third-order valence-electron chi connectivity index (χ3n) is 3.09. The summed E-state index contributed by atoms with van der Waals surface area (Å²) < 4.78 is 1.55. The van der Waals surface area contributed by atoms with Crippen LogP contribution in [0.2, 0.25) is 0 Å². The van der Waals surface area contributed by atoms with Crippen LogP contribution in [0.15, 0.2) is 30.5 Å². The van der Waals surface area contributed by atoms with Gasteiger partial charge in [-0.25, -0.2) is 0 Å². The predicted molar refractivity (Wildman–Crippen MR) is 81.6 cm³/mol. The summed E-state index contributed by atoms with van der Waals surface area (Å²) in [5, 5.41) is 20.7. The van der Waals surface area contributed by atoms with Crippen molar-refractivity contribution in [3.05, 3.63) is 46.1 Å². The van der Waals surface area contributed by atoms with Gasteiger partial charge in [0.2, 0.25) is 0 Å². The second-order valence-corrected chi connectivity index (χ2v) is 4.73. The number of nitro benzene ring substituents is 1. The van der Waals surface area contributed by atoms with E-state index in [1.54, 1.807) is 37.1 Å². The number of nitro groups is 1. The Bertz CT molecular complexity index is 678. The molecule has 22 heavy (non-hydrogen) atoms. The number of likely N-dealkylation sites (N-methyl/N-ethyl adjacent to an activating group) is 1. The van der Waals surface area contributed by atoms with Crippen molar-refractivity contribution in [2.24, 2.45) is 7.05 Å². The van der Waals surface area contributed by atoms with E-state index in [4.69, 9.17) is 0 Å². The fourth-order valence-corrected chi connectivity index (χ4v) is 2.01. The molecule has 8 heteroatoms. The SMILES string of the molecule is CNCCNC(=O)c1cn(C)nc1-c1ccc([N+](=O)[O-])cc1. The molecule has 0 unspecified atom stereocenters. The maximum Gasteiger partial charge on any atom is 0.269 e. The van der Waals surface area contributed by atoms with E-state index >= 15 is 0 Å². The van der Waals surface area contributed by atoms with Crippen molar-refractivity contribution in [1.29, 1.82) is 0 Å². The van der Waals surface area contributed by atoms with Crippen LogP contribution >= 0.6 is 0 Å². The first-order chi connectivity index (χ1) is 10.5. The smallest absolute Gasteiger partial charge is 0.269 e. The molecule has 1 aromatic carbocycles. The summed E-state index contributed by atoms with van der Waals surface area (Å²) in [6.45, 7) is 1.17. The molecule has 0 aliphatic heterocycles. The summed E-state index contributed by atoms with van der Waals surface area (Å²) in [5.41, 5.74) is 1.59. The molecule has 116 valence electrons. The van der Waals surface area contributed by atoms with Crippen LogP contribution in [0.1, 0.15) is 10.4 Å². The van der Waals surface area contributed by atoms with Gasteiger partial charge >= 0.3 is 0 Å². The number of benzene rings is 1. The van der Waals surface area contributed by atoms with E-state index in [-0.39, 0.29) is 11.6 Å². The van der Waals surface area contributed by atoms with Gasteiger partial charge in [0.1, 0.15) is 5.69 Å². The van der Waals surface area contributed by atoms with Gasteiger partial charge in [0, 0.05) is 44.0 Å². The molecule has 1 heterocycles. The van der Waals surface area contributed by atoms with Gasteiger partial charge in [0.05, 0.1) is 10.5 Å². The lowest BCUT2D eigenvalue weighted by Crippen LogP contribution is -2.30. The Labute approximate surface area is 127 Å². The first-order valence-corrected chi connectivity index (χ1v) is 6.74. The third kappa shape index (κ3) is 3.47. The van der Waals surface area contributed by atoms with E-state index in [1.165, 1.54) is 12.1 Å². The minimum atomic E-state index is -0.465. The third-order valence-corrected chi connectivity index (χ3v) is 3.09. The van der Waals surface area contributed by atoms with Crippen LogP contribution in [0.4, 0.5) is 5.69 Å². The average Bonchev–Trinajstić information content (AvgIpc) is 2.89. The van der Waals surface area contributed by atoms with Crippen molar-refractivity contribution in [2.45, 2.75) is 0 Å². The number of aryl methyl sites for hydroxylation is 1. The van der Waals surface area contributed by atoms with Gasteiger partial charge in [-0.3, -0.25) is 19.6 Å². The molecule has 0 saturated heterocycles. The molecule has 0 fully saturated rings. The molecule has 0 aliphatic carbocycles. The summed E-state index contributed by atoms with van der Waals surface area (Å²) in [6.07, 6.45) is 1.63. The molecule has 0 aliphatic rings. The number of amides is 1. The van der Waals surface area contributed by atoms with Crippen LogP contribution in [-0.2, 0) is 7.05 Å². The number of non-ortho nitro benzene ring substituents is 1. The fourth-order valence-electron chi connectivity index (χ4n) is 2.01. The number of hydrogen-bond donors (Lipinski definition) is 2. The first-order valence-electron chi connectivity index (χ1n) is 6.74. The number of nitrogens with one attached hydrogen (secondary N) is 2. The zero-order chi connectivity index (χ0) is 16.1. The van der Waals surface area contributed by atoms with Crippen molar-refractivity contribution < 1.29 is 9.72 Å². The zero-order valence-corrected chi connectivity index (χ0v) is 12.4. The second kappa shape index (κ2) is 6.81. The highest BCUT2D eigenvalue weighted by Gasteiger charge is 2.17. The van der Waals surface area contributed by atoms with Crippen LogP contribution in [0, 0.1) is 10.1 Å². The average molecular weight is 303 g/mol. The molecule has 8 nitrogen and oxygen atoms in total. The molecule has 1 amide bonds. The van der Waals surface area contributed by atoms with Crippen LogP contribution < -0.4 is 10.6 Å². The van der Waals surface area contributed by atoms with Crippen LogP contribution in [0.3, 0.4) is 0 Å². The zero-order valence-electron chi connectivity index (χ0n) is 12.4. The molecular formula is C14H17N5O3. The number of carbonyl (C=O) groups excluding carboxylic acids is 1. The van der Waals surface area contributed by atoms with E-state index < -0.39 is 4.92 Å². The second-order valence-electron chi connectivity index (χ2n) is 4.73. The van der Waals surface area contributed by atoms with Gasteiger partial charge in [-0.1, -0.05) is 0 Å². The summed E-state index contributed by atoms with van der Waals surface area (Å²) >= 11 is 0. The Kier molecular flexibility index (Phi) is 4.84. The molecule has 0 bridgehead atoms. The van der Waals surface area contributed by atoms with Crippen molar-refractivity contribution >= 4 is 11.6 Å². The summed E-state index contributed by atoms with van der Waals surface area (Å²) in [6, 6.07) is 5.97. The number of aromatic nitrogens is 2. The maximum atomic E-state index is 12.2. The van der Waals surface area contributed by atoms with E-state index in [9.17, 15) is 14.9 Å². The molecule has 2 aromatic rings. The highest BCUT2D eigenvalue weighted by atomic mass is 16.6. The molecular weight excluding hydrogens is 286 g/mol. The lowest BCUT2D eigenvalue weighted by molar-refractivity contribution is -0.384. The molecule has 0 radical (unpaired) electrons. The fraction of sp³-hybridized carbons (Fsp3) is 0.286. The molecule has 2 rings (SSSR count). The Morgan fingerprint density at radius 1 is 1.32 bits per heavy atom. The highest BCUT2D eigenvalue weighted by Crippen LogP contribution is 2.24. The van der Waals surface area contributed by atoms with Gasteiger partial charge in [0.25, 0.3) is 11.6 Å². The quantitative estimate of drug-likeness (QED) is 0.470. The molecule has 0 saturated carbocycles.